The van der Waals surface area contributed by atoms with Crippen LogP contribution >= 0.6 is 0 Å². The van der Waals surface area contributed by atoms with Gasteiger partial charge in [-0.1, -0.05) is 26.8 Å². The molecule has 0 aliphatic carbocycles. The Labute approximate surface area is 143 Å². The van der Waals surface area contributed by atoms with Crippen molar-refractivity contribution in [3.05, 3.63) is 29.5 Å². The summed E-state index contributed by atoms with van der Waals surface area (Å²) in [6.07, 6.45) is 4.28. The lowest BCUT2D eigenvalue weighted by Gasteiger charge is -2.35. The second-order valence-corrected chi connectivity index (χ2v) is 6.92. The second kappa shape index (κ2) is 6.75. The first-order chi connectivity index (χ1) is 11.5. The monoisotopic (exact) mass is 326 g/mol. The van der Waals surface area contributed by atoms with Crippen molar-refractivity contribution in [2.45, 2.75) is 58.4 Å². The molecule has 2 aromatic rings. The van der Waals surface area contributed by atoms with E-state index in [1.165, 1.54) is 12.0 Å². The highest BCUT2D eigenvalue weighted by atomic mass is 16.2. The van der Waals surface area contributed by atoms with E-state index in [9.17, 15) is 4.79 Å². The van der Waals surface area contributed by atoms with E-state index in [-0.39, 0.29) is 11.9 Å². The van der Waals surface area contributed by atoms with E-state index in [0.717, 1.165) is 36.7 Å². The van der Waals surface area contributed by atoms with Crippen molar-refractivity contribution in [3.63, 3.8) is 0 Å². The highest BCUT2D eigenvalue weighted by Crippen LogP contribution is 2.27. The molecular formula is C19H26N4O. The van der Waals surface area contributed by atoms with Crippen LogP contribution in [0.2, 0.25) is 0 Å². The molecule has 1 amide bonds. The minimum atomic E-state index is -0.0124. The molecule has 128 valence electrons. The summed E-state index contributed by atoms with van der Waals surface area (Å²) in [5.74, 6) is 0.531. The van der Waals surface area contributed by atoms with E-state index in [1.807, 2.05) is 23.1 Å². The third-order valence-electron chi connectivity index (χ3n) is 4.97. The van der Waals surface area contributed by atoms with Gasteiger partial charge in [-0.2, -0.15) is 0 Å². The molecule has 1 aliphatic rings. The fourth-order valence-corrected chi connectivity index (χ4v) is 3.51. The van der Waals surface area contributed by atoms with Gasteiger partial charge in [0, 0.05) is 18.0 Å². The summed E-state index contributed by atoms with van der Waals surface area (Å²) in [5, 5.41) is 0.806. The molecule has 5 nitrogen and oxygen atoms in total. The highest BCUT2D eigenvalue weighted by molar-refractivity contribution is 6.05. The molecule has 1 aliphatic heterocycles. The molecule has 0 saturated carbocycles. The first-order valence-electron chi connectivity index (χ1n) is 8.89. The van der Waals surface area contributed by atoms with Crippen LogP contribution in [0.1, 0.15) is 68.4 Å². The van der Waals surface area contributed by atoms with Crippen molar-refractivity contribution in [1.29, 1.82) is 0 Å². The number of amides is 1. The van der Waals surface area contributed by atoms with Crippen LogP contribution in [-0.2, 0) is 0 Å². The Morgan fingerprint density at radius 1 is 1.33 bits per heavy atom. The van der Waals surface area contributed by atoms with Gasteiger partial charge in [0.25, 0.3) is 5.91 Å². The Balaban J connectivity index is 2.09. The Kier molecular flexibility index (Phi) is 4.69. The van der Waals surface area contributed by atoms with Crippen molar-refractivity contribution in [2.75, 3.05) is 12.3 Å². The SMILES string of the molecule is CCC1CCCCN1C(=O)c1nc(N)nc2ccc(C(C)C)cc12. The van der Waals surface area contributed by atoms with E-state index < -0.39 is 0 Å². The average molecular weight is 326 g/mol. The zero-order valence-corrected chi connectivity index (χ0v) is 14.7. The van der Waals surface area contributed by atoms with Gasteiger partial charge < -0.3 is 10.6 Å². The second-order valence-electron chi connectivity index (χ2n) is 6.92. The minimum Gasteiger partial charge on any atom is -0.368 e. The molecule has 5 heteroatoms. The molecule has 0 radical (unpaired) electrons. The summed E-state index contributed by atoms with van der Waals surface area (Å²) < 4.78 is 0. The van der Waals surface area contributed by atoms with Crippen molar-refractivity contribution in [1.82, 2.24) is 14.9 Å². The van der Waals surface area contributed by atoms with Crippen molar-refractivity contribution >= 4 is 22.8 Å². The number of piperidine rings is 1. The normalized spacial score (nSPS) is 18.3. The summed E-state index contributed by atoms with van der Waals surface area (Å²) >= 11 is 0. The number of carbonyl (C=O) groups excluding carboxylic acids is 1. The summed E-state index contributed by atoms with van der Waals surface area (Å²) in [6, 6.07) is 6.32. The van der Waals surface area contributed by atoms with E-state index in [0.29, 0.717) is 17.7 Å². The van der Waals surface area contributed by atoms with Gasteiger partial charge in [-0.15, -0.1) is 0 Å². The van der Waals surface area contributed by atoms with Crippen LogP contribution in [0.3, 0.4) is 0 Å². The number of likely N-dealkylation sites (tertiary alicyclic amines) is 1. The molecule has 1 saturated heterocycles. The van der Waals surface area contributed by atoms with Crippen LogP contribution in [0.5, 0.6) is 0 Å². The summed E-state index contributed by atoms with van der Waals surface area (Å²) in [6.45, 7) is 7.21. The molecule has 1 aromatic carbocycles. The number of benzene rings is 1. The zero-order chi connectivity index (χ0) is 17.3. The number of nitrogen functional groups attached to an aromatic ring is 1. The Hall–Kier alpha value is -2.17. The molecule has 3 rings (SSSR count). The quantitative estimate of drug-likeness (QED) is 0.932. The van der Waals surface area contributed by atoms with Crippen LogP contribution in [-0.4, -0.2) is 33.4 Å². The topological polar surface area (TPSA) is 72.1 Å². The number of nitrogens with two attached hydrogens (primary N) is 1. The molecule has 1 fully saturated rings. The standard InChI is InChI=1S/C19H26N4O/c1-4-14-7-5-6-10-23(14)18(24)17-15-11-13(12(2)3)8-9-16(15)21-19(20)22-17/h8-9,11-12,14H,4-7,10H2,1-3H3,(H2,20,21,22). The number of hydrogen-bond donors (Lipinski definition) is 1. The average Bonchev–Trinajstić information content (AvgIpc) is 2.59. The van der Waals surface area contributed by atoms with Gasteiger partial charge in [-0.3, -0.25) is 4.79 Å². The molecular weight excluding hydrogens is 300 g/mol. The highest BCUT2D eigenvalue weighted by Gasteiger charge is 2.28. The molecule has 0 bridgehead atoms. The van der Waals surface area contributed by atoms with Gasteiger partial charge in [0.1, 0.15) is 5.69 Å². The predicted molar refractivity (Wildman–Crippen MR) is 97.0 cm³/mol. The summed E-state index contributed by atoms with van der Waals surface area (Å²) in [5.41, 5.74) is 8.22. The van der Waals surface area contributed by atoms with Gasteiger partial charge in [0.05, 0.1) is 5.52 Å². The largest absolute Gasteiger partial charge is 0.368 e. The Bertz CT molecular complexity index is 756. The number of anilines is 1. The zero-order valence-electron chi connectivity index (χ0n) is 14.7. The van der Waals surface area contributed by atoms with Crippen LogP contribution in [0.4, 0.5) is 5.95 Å². The number of hydrogen-bond acceptors (Lipinski definition) is 4. The number of aromatic nitrogens is 2. The van der Waals surface area contributed by atoms with Gasteiger partial charge >= 0.3 is 0 Å². The van der Waals surface area contributed by atoms with Gasteiger partial charge in [0.2, 0.25) is 5.95 Å². The number of fused-ring (bicyclic) bond motifs is 1. The van der Waals surface area contributed by atoms with E-state index in [1.54, 1.807) is 0 Å². The molecule has 24 heavy (non-hydrogen) atoms. The van der Waals surface area contributed by atoms with Crippen molar-refractivity contribution < 1.29 is 4.79 Å². The third kappa shape index (κ3) is 3.07. The predicted octanol–water partition coefficient (Wildman–Crippen LogP) is 3.74. The van der Waals surface area contributed by atoms with E-state index in [2.05, 4.69) is 30.7 Å². The maximum atomic E-state index is 13.2. The lowest BCUT2D eigenvalue weighted by molar-refractivity contribution is 0.0604. The molecule has 1 aromatic heterocycles. The van der Waals surface area contributed by atoms with Crippen LogP contribution in [0.25, 0.3) is 10.9 Å². The molecule has 2 heterocycles. The molecule has 0 spiro atoms. The fraction of sp³-hybridized carbons (Fsp3) is 0.526. The van der Waals surface area contributed by atoms with Crippen molar-refractivity contribution in [2.24, 2.45) is 0 Å². The fourth-order valence-electron chi connectivity index (χ4n) is 3.51. The van der Waals surface area contributed by atoms with Crippen LogP contribution < -0.4 is 5.73 Å². The lowest BCUT2D eigenvalue weighted by Crippen LogP contribution is -2.43. The van der Waals surface area contributed by atoms with E-state index in [4.69, 9.17) is 5.73 Å². The summed E-state index contributed by atoms with van der Waals surface area (Å²) in [7, 11) is 0. The van der Waals surface area contributed by atoms with Crippen molar-refractivity contribution in [3.8, 4) is 0 Å². The lowest BCUT2D eigenvalue weighted by atomic mass is 9.98. The first-order valence-corrected chi connectivity index (χ1v) is 8.89. The van der Waals surface area contributed by atoms with Gasteiger partial charge in [-0.25, -0.2) is 9.97 Å². The smallest absolute Gasteiger partial charge is 0.273 e. The Morgan fingerprint density at radius 2 is 2.12 bits per heavy atom. The number of rotatable bonds is 3. The number of carbonyl (C=O) groups is 1. The van der Waals surface area contributed by atoms with Gasteiger partial charge in [-0.05, 0) is 49.3 Å². The van der Waals surface area contributed by atoms with Crippen LogP contribution in [0.15, 0.2) is 18.2 Å². The maximum Gasteiger partial charge on any atom is 0.273 e. The van der Waals surface area contributed by atoms with Gasteiger partial charge in [0.15, 0.2) is 0 Å². The first kappa shape index (κ1) is 16.7. The molecule has 1 atom stereocenters. The minimum absolute atomic E-state index is 0.0124. The summed E-state index contributed by atoms with van der Waals surface area (Å²) in [4.78, 5) is 23.8. The molecule has 1 unspecified atom stereocenters. The van der Waals surface area contributed by atoms with Crippen LogP contribution in [0, 0.1) is 0 Å². The molecule has 2 N–H and O–H groups in total. The maximum absolute atomic E-state index is 13.2. The van der Waals surface area contributed by atoms with E-state index >= 15 is 0 Å². The Morgan fingerprint density at radius 3 is 2.83 bits per heavy atom. The third-order valence-corrected chi connectivity index (χ3v) is 4.97. The number of nitrogens with zero attached hydrogens (tertiary/aromatic N) is 3.